The van der Waals surface area contributed by atoms with Crippen molar-refractivity contribution in [2.75, 3.05) is 13.7 Å². The molecular formula is C16H22N4O2S. The Morgan fingerprint density at radius 2 is 2.17 bits per heavy atom. The Morgan fingerprint density at radius 1 is 1.30 bits per heavy atom. The third-order valence-corrected chi connectivity index (χ3v) is 3.59. The molecule has 6 nitrogen and oxygen atoms in total. The molecule has 0 saturated carbocycles. The van der Waals surface area contributed by atoms with Gasteiger partial charge in [-0.25, -0.2) is 0 Å². The fourth-order valence-electron chi connectivity index (χ4n) is 2.05. The van der Waals surface area contributed by atoms with Crippen molar-refractivity contribution in [1.29, 1.82) is 0 Å². The van der Waals surface area contributed by atoms with Crippen LogP contribution in [0.25, 0.3) is 0 Å². The van der Waals surface area contributed by atoms with E-state index in [4.69, 9.17) is 21.7 Å². The smallest absolute Gasteiger partial charge is 0.216 e. The number of ether oxygens (including phenoxy) is 2. The average molecular weight is 334 g/mol. The van der Waals surface area contributed by atoms with Gasteiger partial charge in [0.1, 0.15) is 6.33 Å². The number of unbranched alkanes of at least 4 members (excludes halogenated alkanes) is 3. The summed E-state index contributed by atoms with van der Waals surface area (Å²) in [5, 5.41) is 10.7. The number of nitrogens with zero attached hydrogens (tertiary/aromatic N) is 3. The third kappa shape index (κ3) is 5.21. The quantitative estimate of drug-likeness (QED) is 0.430. The average Bonchev–Trinajstić information content (AvgIpc) is 2.98. The summed E-state index contributed by atoms with van der Waals surface area (Å²) in [6.07, 6.45) is 7.92. The van der Waals surface area contributed by atoms with Crippen LogP contribution in [0.1, 0.15) is 38.2 Å². The molecule has 23 heavy (non-hydrogen) atoms. The first-order valence-electron chi connectivity index (χ1n) is 7.71. The maximum absolute atomic E-state index is 5.79. The van der Waals surface area contributed by atoms with Gasteiger partial charge in [-0.1, -0.05) is 26.2 Å². The lowest BCUT2D eigenvalue weighted by Gasteiger charge is -2.11. The minimum Gasteiger partial charge on any atom is -0.493 e. The third-order valence-electron chi connectivity index (χ3n) is 3.31. The highest BCUT2D eigenvalue weighted by molar-refractivity contribution is 7.71. The van der Waals surface area contributed by atoms with E-state index in [-0.39, 0.29) is 0 Å². The van der Waals surface area contributed by atoms with Gasteiger partial charge in [0, 0.05) is 0 Å². The van der Waals surface area contributed by atoms with E-state index in [9.17, 15) is 0 Å². The Kier molecular flexibility index (Phi) is 6.80. The normalized spacial score (nSPS) is 11.0. The summed E-state index contributed by atoms with van der Waals surface area (Å²) in [5.41, 5.74) is 0.892. The Labute approximate surface area is 141 Å². The second-order valence-electron chi connectivity index (χ2n) is 5.07. The minimum absolute atomic E-state index is 0.445. The first-order chi connectivity index (χ1) is 11.2. The number of rotatable bonds is 9. The Balaban J connectivity index is 2.00. The van der Waals surface area contributed by atoms with Crippen LogP contribution in [0.5, 0.6) is 11.5 Å². The molecule has 124 valence electrons. The predicted molar refractivity (Wildman–Crippen MR) is 93.0 cm³/mol. The van der Waals surface area contributed by atoms with Gasteiger partial charge in [-0.15, -0.1) is 0 Å². The maximum Gasteiger partial charge on any atom is 0.216 e. The molecule has 0 unspecified atom stereocenters. The fraction of sp³-hybridized carbons (Fsp3) is 0.438. The molecule has 1 aromatic carbocycles. The van der Waals surface area contributed by atoms with E-state index in [1.807, 2.05) is 18.2 Å². The van der Waals surface area contributed by atoms with Gasteiger partial charge in [-0.05, 0) is 42.4 Å². The van der Waals surface area contributed by atoms with Gasteiger partial charge in [0.15, 0.2) is 11.5 Å². The van der Waals surface area contributed by atoms with Crippen LogP contribution in [-0.4, -0.2) is 34.8 Å². The summed E-state index contributed by atoms with van der Waals surface area (Å²) in [5.74, 6) is 1.45. The van der Waals surface area contributed by atoms with Crippen LogP contribution in [0.3, 0.4) is 0 Å². The lowest BCUT2D eigenvalue weighted by atomic mass is 10.2. The zero-order valence-corrected chi connectivity index (χ0v) is 14.3. The number of benzene rings is 1. The van der Waals surface area contributed by atoms with Crippen molar-refractivity contribution in [3.05, 3.63) is 34.9 Å². The molecule has 2 aromatic rings. The van der Waals surface area contributed by atoms with E-state index >= 15 is 0 Å². The van der Waals surface area contributed by atoms with Crippen LogP contribution in [0.15, 0.2) is 29.6 Å². The second-order valence-corrected chi connectivity index (χ2v) is 5.46. The molecule has 2 rings (SSSR count). The second kappa shape index (κ2) is 9.09. The number of nitrogens with one attached hydrogen (secondary N) is 1. The maximum atomic E-state index is 5.79. The molecule has 0 bridgehead atoms. The monoisotopic (exact) mass is 334 g/mol. The van der Waals surface area contributed by atoms with Crippen molar-refractivity contribution in [3.8, 4) is 11.5 Å². The molecule has 0 aliphatic rings. The predicted octanol–water partition coefficient (Wildman–Crippen LogP) is 3.79. The van der Waals surface area contributed by atoms with E-state index in [0.717, 1.165) is 17.7 Å². The van der Waals surface area contributed by atoms with Crippen LogP contribution in [0, 0.1) is 4.77 Å². The number of methoxy groups -OCH3 is 1. The summed E-state index contributed by atoms with van der Waals surface area (Å²) in [6.45, 7) is 2.90. The van der Waals surface area contributed by atoms with E-state index in [2.05, 4.69) is 22.2 Å². The molecule has 0 saturated heterocycles. The molecule has 0 spiro atoms. The van der Waals surface area contributed by atoms with Crippen molar-refractivity contribution in [2.24, 2.45) is 5.10 Å². The standard InChI is InChI=1S/C16H22N4O2S/c1-3-4-5-6-9-22-14-8-7-13(10-15(14)21-2)11-18-20-12-17-19-16(20)23/h7-8,10-12H,3-6,9H2,1-2H3,(H,19,23)/b18-11+. The van der Waals surface area contributed by atoms with Crippen LogP contribution in [0.2, 0.25) is 0 Å². The first kappa shape index (κ1) is 17.2. The zero-order chi connectivity index (χ0) is 16.5. The number of aromatic amines is 1. The molecular weight excluding hydrogens is 312 g/mol. The molecule has 1 N–H and O–H groups in total. The van der Waals surface area contributed by atoms with Gasteiger partial charge >= 0.3 is 0 Å². The number of hydrogen-bond acceptors (Lipinski definition) is 5. The summed E-state index contributed by atoms with van der Waals surface area (Å²) < 4.78 is 13.1. The lowest BCUT2D eigenvalue weighted by molar-refractivity contribution is 0.285. The van der Waals surface area contributed by atoms with E-state index in [0.29, 0.717) is 17.1 Å². The number of hydrogen-bond donors (Lipinski definition) is 1. The highest BCUT2D eigenvalue weighted by Crippen LogP contribution is 2.27. The summed E-state index contributed by atoms with van der Waals surface area (Å²) in [7, 11) is 1.63. The van der Waals surface area contributed by atoms with E-state index < -0.39 is 0 Å². The van der Waals surface area contributed by atoms with Gasteiger partial charge in [0.25, 0.3) is 0 Å². The molecule has 0 aliphatic heterocycles. The van der Waals surface area contributed by atoms with Gasteiger partial charge in [0.05, 0.1) is 19.9 Å². The topological polar surface area (TPSA) is 64.4 Å². The SMILES string of the molecule is CCCCCCOc1ccc(/C=N/n2cn[nH]c2=S)cc1OC. The molecule has 1 aromatic heterocycles. The van der Waals surface area contributed by atoms with Gasteiger partial charge in [0.2, 0.25) is 4.77 Å². The molecule has 0 fully saturated rings. The van der Waals surface area contributed by atoms with Crippen LogP contribution >= 0.6 is 12.2 Å². The summed E-state index contributed by atoms with van der Waals surface area (Å²) in [6, 6.07) is 5.71. The van der Waals surface area contributed by atoms with Crippen LogP contribution < -0.4 is 9.47 Å². The molecule has 1 heterocycles. The van der Waals surface area contributed by atoms with Crippen molar-refractivity contribution in [3.63, 3.8) is 0 Å². The van der Waals surface area contributed by atoms with Crippen molar-refractivity contribution in [2.45, 2.75) is 32.6 Å². The highest BCUT2D eigenvalue weighted by Gasteiger charge is 2.05. The number of aromatic nitrogens is 3. The zero-order valence-electron chi connectivity index (χ0n) is 13.5. The van der Waals surface area contributed by atoms with E-state index in [1.54, 1.807) is 13.3 Å². The summed E-state index contributed by atoms with van der Waals surface area (Å²) in [4.78, 5) is 0. The molecule has 0 aliphatic carbocycles. The Hall–Kier alpha value is -2.15. The van der Waals surface area contributed by atoms with E-state index in [1.165, 1.54) is 30.3 Å². The van der Waals surface area contributed by atoms with Crippen LogP contribution in [0.4, 0.5) is 0 Å². The Bertz CT molecular complexity index is 693. The molecule has 7 heteroatoms. The van der Waals surface area contributed by atoms with Crippen LogP contribution in [-0.2, 0) is 0 Å². The Morgan fingerprint density at radius 3 is 2.87 bits per heavy atom. The summed E-state index contributed by atoms with van der Waals surface area (Å²) >= 11 is 5.03. The fourth-order valence-corrected chi connectivity index (χ4v) is 2.20. The van der Waals surface area contributed by atoms with Gasteiger partial charge in [-0.2, -0.15) is 14.9 Å². The van der Waals surface area contributed by atoms with Gasteiger partial charge < -0.3 is 9.47 Å². The van der Waals surface area contributed by atoms with Crippen molar-refractivity contribution in [1.82, 2.24) is 14.9 Å². The molecule has 0 atom stereocenters. The highest BCUT2D eigenvalue weighted by atomic mass is 32.1. The van der Waals surface area contributed by atoms with Crippen molar-refractivity contribution < 1.29 is 9.47 Å². The number of H-pyrrole nitrogens is 1. The van der Waals surface area contributed by atoms with Crippen molar-refractivity contribution >= 4 is 18.4 Å². The molecule has 0 radical (unpaired) electrons. The van der Waals surface area contributed by atoms with Gasteiger partial charge in [-0.3, -0.25) is 5.10 Å². The first-order valence-corrected chi connectivity index (χ1v) is 8.12. The molecule has 0 amide bonds. The largest absolute Gasteiger partial charge is 0.493 e. The lowest BCUT2D eigenvalue weighted by Crippen LogP contribution is -2.00. The minimum atomic E-state index is 0.445.